The number of carbonyl (C=O) groups is 1. The fourth-order valence-corrected chi connectivity index (χ4v) is 4.31. The summed E-state index contributed by atoms with van der Waals surface area (Å²) >= 11 is 7.34. The minimum Gasteiger partial charge on any atom is -0.497 e. The molecule has 31 heavy (non-hydrogen) atoms. The molecule has 4 rings (SSSR count). The number of halogens is 1. The molecule has 2 aromatic carbocycles. The SMILES string of the molecule is COc1cc(OC)cc(C(=O)N2CCN(c3nc(Cc4ccc(Cl)cc4)ns3)CC2)c1. The van der Waals surface area contributed by atoms with Crippen molar-refractivity contribution in [3.05, 3.63) is 64.4 Å². The Kier molecular flexibility index (Phi) is 6.58. The third kappa shape index (κ3) is 5.08. The van der Waals surface area contributed by atoms with Crippen molar-refractivity contribution in [2.24, 2.45) is 0 Å². The van der Waals surface area contributed by atoms with Gasteiger partial charge in [-0.2, -0.15) is 4.37 Å². The zero-order valence-electron chi connectivity index (χ0n) is 17.4. The highest BCUT2D eigenvalue weighted by molar-refractivity contribution is 7.09. The maximum atomic E-state index is 13.0. The molecule has 7 nitrogen and oxygen atoms in total. The highest BCUT2D eigenvalue weighted by Gasteiger charge is 2.25. The Bertz CT molecular complexity index is 1030. The summed E-state index contributed by atoms with van der Waals surface area (Å²) in [6.45, 7) is 2.65. The number of methoxy groups -OCH3 is 2. The molecule has 9 heteroatoms. The first-order chi connectivity index (χ1) is 15.1. The smallest absolute Gasteiger partial charge is 0.254 e. The van der Waals surface area contributed by atoms with Crippen molar-refractivity contribution >= 4 is 34.2 Å². The van der Waals surface area contributed by atoms with Gasteiger partial charge in [-0.05, 0) is 29.8 Å². The van der Waals surface area contributed by atoms with Crippen LogP contribution in [0.1, 0.15) is 21.7 Å². The molecule has 0 radical (unpaired) electrons. The van der Waals surface area contributed by atoms with Gasteiger partial charge in [0.2, 0.25) is 5.13 Å². The van der Waals surface area contributed by atoms with E-state index in [-0.39, 0.29) is 5.91 Å². The predicted molar refractivity (Wildman–Crippen MR) is 122 cm³/mol. The number of carbonyl (C=O) groups excluding carboxylic acids is 1. The molecule has 3 aromatic rings. The van der Waals surface area contributed by atoms with Crippen LogP contribution in [0.15, 0.2) is 42.5 Å². The quantitative estimate of drug-likeness (QED) is 0.560. The van der Waals surface area contributed by atoms with Crippen molar-refractivity contribution in [1.29, 1.82) is 0 Å². The van der Waals surface area contributed by atoms with Gasteiger partial charge in [-0.3, -0.25) is 4.79 Å². The second-order valence-electron chi connectivity index (χ2n) is 7.18. The minimum absolute atomic E-state index is 0.0301. The van der Waals surface area contributed by atoms with E-state index in [0.717, 1.165) is 21.5 Å². The van der Waals surface area contributed by atoms with E-state index in [1.54, 1.807) is 32.4 Å². The van der Waals surface area contributed by atoms with Crippen LogP contribution < -0.4 is 14.4 Å². The third-order valence-electron chi connectivity index (χ3n) is 5.17. The van der Waals surface area contributed by atoms with E-state index in [9.17, 15) is 4.79 Å². The third-order valence-corrected chi connectivity index (χ3v) is 6.24. The lowest BCUT2D eigenvalue weighted by Crippen LogP contribution is -2.48. The first-order valence-corrected chi connectivity index (χ1v) is 11.0. The van der Waals surface area contributed by atoms with Crippen LogP contribution in [0.5, 0.6) is 11.5 Å². The number of ether oxygens (including phenoxy) is 2. The van der Waals surface area contributed by atoms with E-state index in [1.807, 2.05) is 29.2 Å². The number of hydrogen-bond donors (Lipinski definition) is 0. The molecule has 2 heterocycles. The van der Waals surface area contributed by atoms with Crippen LogP contribution in [-0.2, 0) is 6.42 Å². The van der Waals surface area contributed by atoms with E-state index in [0.29, 0.717) is 49.7 Å². The lowest BCUT2D eigenvalue weighted by molar-refractivity contribution is 0.0746. The van der Waals surface area contributed by atoms with Crippen molar-refractivity contribution in [2.75, 3.05) is 45.3 Å². The van der Waals surface area contributed by atoms with Gasteiger partial charge in [-0.15, -0.1) is 0 Å². The number of hydrogen-bond acceptors (Lipinski definition) is 7. The summed E-state index contributed by atoms with van der Waals surface area (Å²) in [6, 6.07) is 13.0. The van der Waals surface area contributed by atoms with Crippen molar-refractivity contribution < 1.29 is 14.3 Å². The maximum Gasteiger partial charge on any atom is 0.254 e. The molecule has 1 aliphatic rings. The van der Waals surface area contributed by atoms with Crippen LogP contribution in [0.25, 0.3) is 0 Å². The number of piperazine rings is 1. The van der Waals surface area contributed by atoms with Crippen molar-refractivity contribution in [1.82, 2.24) is 14.3 Å². The van der Waals surface area contributed by atoms with Crippen LogP contribution in [0, 0.1) is 0 Å². The average Bonchev–Trinajstić information content (AvgIpc) is 3.28. The second kappa shape index (κ2) is 9.53. The van der Waals surface area contributed by atoms with Gasteiger partial charge in [-0.1, -0.05) is 23.7 Å². The van der Waals surface area contributed by atoms with Gasteiger partial charge in [0.25, 0.3) is 5.91 Å². The Morgan fingerprint density at radius 3 is 2.29 bits per heavy atom. The first kappa shape index (κ1) is 21.4. The Labute approximate surface area is 190 Å². The highest BCUT2D eigenvalue weighted by atomic mass is 35.5. The minimum atomic E-state index is -0.0301. The van der Waals surface area contributed by atoms with Gasteiger partial charge < -0.3 is 19.3 Å². The molecule has 1 aliphatic heterocycles. The fourth-order valence-electron chi connectivity index (χ4n) is 3.44. The van der Waals surface area contributed by atoms with Gasteiger partial charge in [0, 0.05) is 60.8 Å². The number of benzene rings is 2. The van der Waals surface area contributed by atoms with Crippen LogP contribution in [0.3, 0.4) is 0 Å². The van der Waals surface area contributed by atoms with Crippen molar-refractivity contribution in [3.63, 3.8) is 0 Å². The Balaban J connectivity index is 1.37. The Morgan fingerprint density at radius 1 is 1.03 bits per heavy atom. The number of amides is 1. The molecular formula is C22H23ClN4O3S. The highest BCUT2D eigenvalue weighted by Crippen LogP contribution is 2.25. The van der Waals surface area contributed by atoms with E-state index in [1.165, 1.54) is 11.5 Å². The monoisotopic (exact) mass is 458 g/mol. The second-order valence-corrected chi connectivity index (χ2v) is 8.34. The Hall–Kier alpha value is -2.84. The lowest BCUT2D eigenvalue weighted by atomic mass is 10.1. The summed E-state index contributed by atoms with van der Waals surface area (Å²) in [5.74, 6) is 1.97. The van der Waals surface area contributed by atoms with Gasteiger partial charge in [0.15, 0.2) is 0 Å². The fraction of sp³-hybridized carbons (Fsp3) is 0.318. The largest absolute Gasteiger partial charge is 0.497 e. The standard InChI is InChI=1S/C22H23ClN4O3S/c1-29-18-12-16(13-19(14-18)30-2)21(28)26-7-9-27(10-8-26)22-24-20(25-31-22)11-15-3-5-17(23)6-4-15/h3-6,12-14H,7-11H2,1-2H3. The average molecular weight is 459 g/mol. The molecule has 0 saturated carbocycles. The van der Waals surface area contributed by atoms with E-state index in [2.05, 4.69) is 14.3 Å². The van der Waals surface area contributed by atoms with Crippen LogP contribution in [0.2, 0.25) is 5.02 Å². The summed E-state index contributed by atoms with van der Waals surface area (Å²) in [4.78, 5) is 21.7. The first-order valence-electron chi connectivity index (χ1n) is 9.90. The molecule has 0 unspecified atom stereocenters. The molecular weight excluding hydrogens is 436 g/mol. The van der Waals surface area contributed by atoms with Crippen molar-refractivity contribution in [3.8, 4) is 11.5 Å². The number of rotatable bonds is 6. The lowest BCUT2D eigenvalue weighted by Gasteiger charge is -2.34. The number of aromatic nitrogens is 2. The van der Waals surface area contributed by atoms with E-state index >= 15 is 0 Å². The van der Waals surface area contributed by atoms with Gasteiger partial charge >= 0.3 is 0 Å². The van der Waals surface area contributed by atoms with Gasteiger partial charge in [-0.25, -0.2) is 4.98 Å². The van der Waals surface area contributed by atoms with Gasteiger partial charge in [0.1, 0.15) is 17.3 Å². The molecule has 1 aromatic heterocycles. The molecule has 0 bridgehead atoms. The maximum absolute atomic E-state index is 13.0. The summed E-state index contributed by atoms with van der Waals surface area (Å²) in [5.41, 5.74) is 1.68. The summed E-state index contributed by atoms with van der Waals surface area (Å²) in [6.07, 6.45) is 0.670. The van der Waals surface area contributed by atoms with E-state index in [4.69, 9.17) is 21.1 Å². The molecule has 0 N–H and O–H groups in total. The van der Waals surface area contributed by atoms with Crippen LogP contribution >= 0.6 is 23.1 Å². The number of nitrogens with zero attached hydrogens (tertiary/aromatic N) is 4. The summed E-state index contributed by atoms with van der Waals surface area (Å²) in [7, 11) is 3.15. The van der Waals surface area contributed by atoms with Crippen LogP contribution in [0.4, 0.5) is 5.13 Å². The molecule has 0 aliphatic carbocycles. The molecule has 1 amide bonds. The van der Waals surface area contributed by atoms with Gasteiger partial charge in [0.05, 0.1) is 14.2 Å². The Morgan fingerprint density at radius 2 is 1.68 bits per heavy atom. The van der Waals surface area contributed by atoms with Crippen molar-refractivity contribution in [2.45, 2.75) is 6.42 Å². The van der Waals surface area contributed by atoms with Crippen LogP contribution in [-0.4, -0.2) is 60.6 Å². The molecule has 1 saturated heterocycles. The van der Waals surface area contributed by atoms with E-state index < -0.39 is 0 Å². The topological polar surface area (TPSA) is 67.8 Å². The predicted octanol–water partition coefficient (Wildman–Crippen LogP) is 3.76. The summed E-state index contributed by atoms with van der Waals surface area (Å²) < 4.78 is 15.1. The molecule has 162 valence electrons. The number of anilines is 1. The zero-order chi connectivity index (χ0) is 21.8. The zero-order valence-corrected chi connectivity index (χ0v) is 18.9. The molecule has 1 fully saturated rings. The molecule has 0 atom stereocenters. The summed E-state index contributed by atoms with van der Waals surface area (Å²) in [5, 5.41) is 1.61. The normalized spacial score (nSPS) is 13.9. The molecule has 0 spiro atoms.